The SMILES string of the molecule is C[C@@H]1CN(c2ccc(C(=O)O)s2)C[C@H](C)N1. The van der Waals surface area contributed by atoms with Gasteiger partial charge in [-0.2, -0.15) is 0 Å². The van der Waals surface area contributed by atoms with Crippen molar-refractivity contribution in [1.29, 1.82) is 0 Å². The maximum atomic E-state index is 10.8. The monoisotopic (exact) mass is 240 g/mol. The highest BCUT2D eigenvalue weighted by Gasteiger charge is 2.22. The molecule has 0 spiro atoms. The summed E-state index contributed by atoms with van der Waals surface area (Å²) >= 11 is 1.35. The van der Waals surface area contributed by atoms with E-state index in [4.69, 9.17) is 5.11 Å². The van der Waals surface area contributed by atoms with E-state index < -0.39 is 5.97 Å². The summed E-state index contributed by atoms with van der Waals surface area (Å²) in [5, 5.41) is 13.4. The molecule has 1 aromatic rings. The highest BCUT2D eigenvalue weighted by Crippen LogP contribution is 2.27. The lowest BCUT2D eigenvalue weighted by molar-refractivity contribution is 0.0702. The van der Waals surface area contributed by atoms with Crippen molar-refractivity contribution in [1.82, 2.24) is 5.32 Å². The van der Waals surface area contributed by atoms with Crippen LogP contribution in [0.4, 0.5) is 5.00 Å². The Kier molecular flexibility index (Phi) is 3.16. The first-order chi connectivity index (χ1) is 7.56. The first kappa shape index (κ1) is 11.4. The molecule has 0 radical (unpaired) electrons. The van der Waals surface area contributed by atoms with Gasteiger partial charge in [-0.1, -0.05) is 0 Å². The molecule has 2 atom stereocenters. The molecule has 1 saturated heterocycles. The van der Waals surface area contributed by atoms with Crippen molar-refractivity contribution in [2.45, 2.75) is 25.9 Å². The zero-order chi connectivity index (χ0) is 11.7. The Hall–Kier alpha value is -1.07. The molecule has 1 aliphatic heterocycles. The molecule has 0 saturated carbocycles. The van der Waals surface area contributed by atoms with Gasteiger partial charge in [0.25, 0.3) is 0 Å². The minimum absolute atomic E-state index is 0.411. The Balaban J connectivity index is 2.13. The third kappa shape index (κ3) is 2.36. The second kappa shape index (κ2) is 4.43. The second-order valence-corrected chi connectivity index (χ2v) is 5.38. The normalized spacial score (nSPS) is 25.8. The fourth-order valence-electron chi connectivity index (χ4n) is 2.12. The van der Waals surface area contributed by atoms with Gasteiger partial charge in [-0.05, 0) is 26.0 Å². The van der Waals surface area contributed by atoms with Gasteiger partial charge >= 0.3 is 5.97 Å². The Labute approximate surface area is 98.9 Å². The molecule has 0 amide bonds. The molecule has 1 fully saturated rings. The number of carboxylic acid groups (broad SMARTS) is 1. The van der Waals surface area contributed by atoms with Crippen LogP contribution in [0.5, 0.6) is 0 Å². The molecule has 0 unspecified atom stereocenters. The summed E-state index contributed by atoms with van der Waals surface area (Å²) in [6.07, 6.45) is 0. The molecule has 5 heteroatoms. The van der Waals surface area contributed by atoms with E-state index in [1.807, 2.05) is 6.07 Å². The number of rotatable bonds is 2. The second-order valence-electron chi connectivity index (χ2n) is 4.32. The number of carbonyl (C=O) groups is 1. The van der Waals surface area contributed by atoms with Gasteiger partial charge in [-0.15, -0.1) is 11.3 Å². The van der Waals surface area contributed by atoms with Gasteiger partial charge in [0, 0.05) is 25.2 Å². The van der Waals surface area contributed by atoms with Crippen molar-refractivity contribution in [3.05, 3.63) is 17.0 Å². The maximum Gasteiger partial charge on any atom is 0.345 e. The maximum absolute atomic E-state index is 10.8. The lowest BCUT2D eigenvalue weighted by atomic mass is 10.1. The smallest absolute Gasteiger partial charge is 0.345 e. The van der Waals surface area contributed by atoms with Gasteiger partial charge in [0.2, 0.25) is 0 Å². The average Bonchev–Trinajstić information content (AvgIpc) is 2.64. The van der Waals surface area contributed by atoms with Crippen molar-refractivity contribution >= 4 is 22.3 Å². The number of piperazine rings is 1. The fourth-order valence-corrected chi connectivity index (χ4v) is 2.98. The van der Waals surface area contributed by atoms with Crippen molar-refractivity contribution in [2.75, 3.05) is 18.0 Å². The Bertz CT molecular complexity index is 381. The molecule has 2 heterocycles. The molecule has 2 rings (SSSR count). The van der Waals surface area contributed by atoms with Crippen LogP contribution in [-0.4, -0.2) is 36.2 Å². The third-order valence-corrected chi connectivity index (χ3v) is 3.81. The molecule has 0 bridgehead atoms. The van der Waals surface area contributed by atoms with Gasteiger partial charge < -0.3 is 15.3 Å². The molecular weight excluding hydrogens is 224 g/mol. The minimum Gasteiger partial charge on any atom is -0.477 e. The summed E-state index contributed by atoms with van der Waals surface area (Å²) in [6, 6.07) is 4.47. The molecule has 0 aromatic carbocycles. The summed E-state index contributed by atoms with van der Waals surface area (Å²) in [7, 11) is 0. The Morgan fingerprint density at radius 2 is 2.06 bits per heavy atom. The van der Waals surface area contributed by atoms with E-state index in [1.54, 1.807) is 6.07 Å². The van der Waals surface area contributed by atoms with Crippen LogP contribution in [0.25, 0.3) is 0 Å². The van der Waals surface area contributed by atoms with Crippen LogP contribution in [-0.2, 0) is 0 Å². The van der Waals surface area contributed by atoms with E-state index in [0.29, 0.717) is 17.0 Å². The van der Waals surface area contributed by atoms with Gasteiger partial charge in [0.1, 0.15) is 4.88 Å². The van der Waals surface area contributed by atoms with Crippen LogP contribution in [0, 0.1) is 0 Å². The lowest BCUT2D eigenvalue weighted by Gasteiger charge is -2.36. The zero-order valence-electron chi connectivity index (χ0n) is 9.43. The quantitative estimate of drug-likeness (QED) is 0.825. The highest BCUT2D eigenvalue weighted by molar-refractivity contribution is 7.17. The number of hydrogen-bond donors (Lipinski definition) is 2. The third-order valence-electron chi connectivity index (χ3n) is 2.67. The van der Waals surface area contributed by atoms with Crippen molar-refractivity contribution in [3.8, 4) is 0 Å². The summed E-state index contributed by atoms with van der Waals surface area (Å²) in [6.45, 7) is 6.16. The van der Waals surface area contributed by atoms with E-state index in [2.05, 4.69) is 24.1 Å². The predicted molar refractivity (Wildman–Crippen MR) is 65.6 cm³/mol. The van der Waals surface area contributed by atoms with E-state index in [-0.39, 0.29) is 0 Å². The number of aromatic carboxylic acids is 1. The largest absolute Gasteiger partial charge is 0.477 e. The van der Waals surface area contributed by atoms with Crippen LogP contribution in [0.3, 0.4) is 0 Å². The molecule has 88 valence electrons. The summed E-state index contributed by atoms with van der Waals surface area (Å²) in [5.74, 6) is -0.840. The van der Waals surface area contributed by atoms with E-state index in [9.17, 15) is 4.79 Å². The topological polar surface area (TPSA) is 52.6 Å². The molecular formula is C11H16N2O2S. The minimum atomic E-state index is -0.840. The van der Waals surface area contributed by atoms with Gasteiger partial charge in [0.05, 0.1) is 5.00 Å². The summed E-state index contributed by atoms with van der Waals surface area (Å²) in [5.41, 5.74) is 0. The fraction of sp³-hybridized carbons (Fsp3) is 0.545. The number of nitrogens with one attached hydrogen (secondary N) is 1. The van der Waals surface area contributed by atoms with E-state index in [0.717, 1.165) is 18.1 Å². The molecule has 0 aliphatic carbocycles. The molecule has 2 N–H and O–H groups in total. The van der Waals surface area contributed by atoms with E-state index >= 15 is 0 Å². The van der Waals surface area contributed by atoms with Crippen molar-refractivity contribution in [3.63, 3.8) is 0 Å². The first-order valence-corrected chi connectivity index (χ1v) is 6.22. The average molecular weight is 240 g/mol. The highest BCUT2D eigenvalue weighted by atomic mass is 32.1. The number of thiophene rings is 1. The Morgan fingerprint density at radius 3 is 2.56 bits per heavy atom. The molecule has 1 aromatic heterocycles. The number of nitrogens with zero attached hydrogens (tertiary/aromatic N) is 1. The summed E-state index contributed by atoms with van der Waals surface area (Å²) in [4.78, 5) is 13.5. The summed E-state index contributed by atoms with van der Waals surface area (Å²) < 4.78 is 0. The van der Waals surface area contributed by atoms with Crippen LogP contribution in [0.1, 0.15) is 23.5 Å². The van der Waals surface area contributed by atoms with Gasteiger partial charge in [-0.3, -0.25) is 0 Å². The first-order valence-electron chi connectivity index (χ1n) is 5.40. The molecule has 4 nitrogen and oxygen atoms in total. The Morgan fingerprint density at radius 1 is 1.44 bits per heavy atom. The molecule has 1 aliphatic rings. The number of carboxylic acids is 1. The number of anilines is 1. The van der Waals surface area contributed by atoms with E-state index in [1.165, 1.54) is 11.3 Å². The van der Waals surface area contributed by atoms with Crippen LogP contribution >= 0.6 is 11.3 Å². The van der Waals surface area contributed by atoms with Crippen molar-refractivity contribution < 1.29 is 9.90 Å². The predicted octanol–water partition coefficient (Wildman–Crippen LogP) is 1.63. The van der Waals surface area contributed by atoms with Crippen molar-refractivity contribution in [2.24, 2.45) is 0 Å². The van der Waals surface area contributed by atoms with Gasteiger partial charge in [0.15, 0.2) is 0 Å². The number of hydrogen-bond acceptors (Lipinski definition) is 4. The van der Waals surface area contributed by atoms with Gasteiger partial charge in [-0.25, -0.2) is 4.79 Å². The van der Waals surface area contributed by atoms with Crippen LogP contribution in [0.15, 0.2) is 12.1 Å². The lowest BCUT2D eigenvalue weighted by Crippen LogP contribution is -2.54. The molecule has 16 heavy (non-hydrogen) atoms. The zero-order valence-corrected chi connectivity index (χ0v) is 10.3. The van der Waals surface area contributed by atoms with Crippen LogP contribution < -0.4 is 10.2 Å². The standard InChI is InChI=1S/C11H16N2O2S/c1-7-5-13(6-8(2)12-7)10-4-3-9(16-10)11(14)15/h3-4,7-8,12H,5-6H2,1-2H3,(H,14,15)/t7-,8+. The van der Waals surface area contributed by atoms with Crippen LogP contribution in [0.2, 0.25) is 0 Å².